The van der Waals surface area contributed by atoms with E-state index in [9.17, 15) is 0 Å². The zero-order valence-electron chi connectivity index (χ0n) is 10.4. The number of fused-ring (bicyclic) bond motifs is 1. The molecule has 2 N–H and O–H groups in total. The predicted molar refractivity (Wildman–Crippen MR) is 68.2 cm³/mol. The van der Waals surface area contributed by atoms with Crippen molar-refractivity contribution in [2.75, 3.05) is 11.9 Å². The van der Waals surface area contributed by atoms with Crippen LogP contribution in [0, 0.1) is 0 Å². The number of nitrogens with one attached hydrogen (secondary N) is 2. The Morgan fingerprint density at radius 1 is 1.28 bits per heavy atom. The quantitative estimate of drug-likeness (QED) is 0.856. The van der Waals surface area contributed by atoms with Crippen molar-refractivity contribution in [3.63, 3.8) is 0 Å². The number of aromatic amines is 1. The lowest BCUT2D eigenvalue weighted by molar-refractivity contribution is 0.664. The summed E-state index contributed by atoms with van der Waals surface area (Å²) in [5.41, 5.74) is 2.42. The van der Waals surface area contributed by atoms with Crippen molar-refractivity contribution in [3.05, 3.63) is 17.6 Å². The number of anilines is 1. The molecule has 3 rings (SSSR count). The summed E-state index contributed by atoms with van der Waals surface area (Å²) in [6.45, 7) is 2.94. The molecule has 0 amide bonds. The van der Waals surface area contributed by atoms with E-state index in [1.165, 1.54) is 24.7 Å². The number of nitrogens with zero attached hydrogens (tertiary/aromatic N) is 4. The minimum absolute atomic E-state index is 0.627. The van der Waals surface area contributed by atoms with Gasteiger partial charge in [0.05, 0.1) is 0 Å². The molecular weight excluding hydrogens is 228 g/mol. The van der Waals surface area contributed by atoms with Crippen molar-refractivity contribution in [2.45, 2.75) is 32.6 Å². The number of aryl methyl sites for hydroxylation is 1. The second kappa shape index (κ2) is 4.72. The van der Waals surface area contributed by atoms with E-state index in [4.69, 9.17) is 0 Å². The third-order valence-electron chi connectivity index (χ3n) is 3.15. The Bertz CT molecular complexity index is 534. The van der Waals surface area contributed by atoms with Crippen LogP contribution in [0.2, 0.25) is 0 Å². The van der Waals surface area contributed by atoms with Crippen LogP contribution in [-0.4, -0.2) is 31.7 Å². The third-order valence-corrected chi connectivity index (χ3v) is 3.15. The molecule has 0 spiro atoms. The first-order valence-corrected chi connectivity index (χ1v) is 6.38. The number of aromatic nitrogens is 5. The van der Waals surface area contributed by atoms with Crippen molar-refractivity contribution in [3.8, 4) is 11.6 Å². The predicted octanol–water partition coefficient (Wildman–Crippen LogP) is 1.57. The highest BCUT2D eigenvalue weighted by molar-refractivity contribution is 5.54. The molecular formula is C12H16N6. The van der Waals surface area contributed by atoms with Gasteiger partial charge < -0.3 is 5.32 Å². The van der Waals surface area contributed by atoms with Crippen LogP contribution in [0.15, 0.2) is 6.33 Å². The van der Waals surface area contributed by atoms with E-state index in [1.54, 1.807) is 0 Å². The fraction of sp³-hybridized carbons (Fsp3) is 0.500. The Balaban J connectivity index is 2.09. The van der Waals surface area contributed by atoms with Crippen molar-refractivity contribution in [1.82, 2.24) is 25.1 Å². The first kappa shape index (κ1) is 11.1. The van der Waals surface area contributed by atoms with E-state index < -0.39 is 0 Å². The minimum atomic E-state index is 0.627. The Labute approximate surface area is 105 Å². The molecule has 94 valence electrons. The topological polar surface area (TPSA) is 79.4 Å². The van der Waals surface area contributed by atoms with E-state index in [0.717, 1.165) is 30.9 Å². The summed E-state index contributed by atoms with van der Waals surface area (Å²) < 4.78 is 0. The maximum Gasteiger partial charge on any atom is 0.199 e. The average molecular weight is 244 g/mol. The van der Waals surface area contributed by atoms with Crippen LogP contribution in [0.25, 0.3) is 11.6 Å². The lowest BCUT2D eigenvalue weighted by Gasteiger charge is -2.18. The SMILES string of the molecule is CCNc1nc(-c2ncn[nH]2)nc2c1CCCC2. The van der Waals surface area contributed by atoms with Crippen LogP contribution in [0.4, 0.5) is 5.82 Å². The molecule has 0 unspecified atom stereocenters. The fourth-order valence-corrected chi connectivity index (χ4v) is 2.33. The summed E-state index contributed by atoms with van der Waals surface area (Å²) in [4.78, 5) is 13.3. The summed E-state index contributed by atoms with van der Waals surface area (Å²) >= 11 is 0. The van der Waals surface area contributed by atoms with Crippen LogP contribution in [0.1, 0.15) is 31.0 Å². The van der Waals surface area contributed by atoms with Gasteiger partial charge in [-0.3, -0.25) is 5.10 Å². The normalized spacial score (nSPS) is 14.3. The van der Waals surface area contributed by atoms with Gasteiger partial charge in [0, 0.05) is 17.8 Å². The highest BCUT2D eigenvalue weighted by atomic mass is 15.2. The lowest BCUT2D eigenvalue weighted by Crippen LogP contribution is -2.13. The highest BCUT2D eigenvalue weighted by Crippen LogP contribution is 2.27. The van der Waals surface area contributed by atoms with Gasteiger partial charge in [-0.2, -0.15) is 5.10 Å². The molecule has 2 aromatic heterocycles. The highest BCUT2D eigenvalue weighted by Gasteiger charge is 2.18. The van der Waals surface area contributed by atoms with Crippen molar-refractivity contribution >= 4 is 5.82 Å². The Morgan fingerprint density at radius 3 is 2.94 bits per heavy atom. The van der Waals surface area contributed by atoms with Crippen LogP contribution in [0.5, 0.6) is 0 Å². The van der Waals surface area contributed by atoms with Gasteiger partial charge in [-0.1, -0.05) is 0 Å². The lowest BCUT2D eigenvalue weighted by atomic mass is 9.96. The molecule has 0 aromatic carbocycles. The standard InChI is InChI=1S/C12H16N6/c1-2-13-10-8-5-3-4-6-9(8)16-12(17-10)11-14-7-15-18-11/h7H,2-6H2,1H3,(H,13,16,17)(H,14,15,18). The van der Waals surface area contributed by atoms with Crippen LogP contribution >= 0.6 is 0 Å². The van der Waals surface area contributed by atoms with Crippen LogP contribution in [-0.2, 0) is 12.8 Å². The smallest absolute Gasteiger partial charge is 0.199 e. The molecule has 0 fully saturated rings. The summed E-state index contributed by atoms with van der Waals surface area (Å²) in [5.74, 6) is 2.21. The molecule has 6 heteroatoms. The number of hydrogen-bond acceptors (Lipinski definition) is 5. The molecule has 2 aromatic rings. The minimum Gasteiger partial charge on any atom is -0.370 e. The molecule has 2 heterocycles. The Kier molecular flexibility index (Phi) is 2.92. The third kappa shape index (κ3) is 1.94. The molecule has 1 aliphatic carbocycles. The van der Waals surface area contributed by atoms with Crippen molar-refractivity contribution < 1.29 is 0 Å². The fourth-order valence-electron chi connectivity index (χ4n) is 2.33. The molecule has 0 atom stereocenters. The first-order valence-electron chi connectivity index (χ1n) is 6.38. The van der Waals surface area contributed by atoms with Gasteiger partial charge in [-0.25, -0.2) is 15.0 Å². The molecule has 0 saturated carbocycles. The van der Waals surface area contributed by atoms with E-state index >= 15 is 0 Å². The summed E-state index contributed by atoms with van der Waals surface area (Å²) in [5, 5.41) is 9.99. The van der Waals surface area contributed by atoms with Crippen molar-refractivity contribution in [2.24, 2.45) is 0 Å². The van der Waals surface area contributed by atoms with Crippen molar-refractivity contribution in [1.29, 1.82) is 0 Å². The second-order valence-electron chi connectivity index (χ2n) is 4.39. The zero-order valence-corrected chi connectivity index (χ0v) is 10.4. The molecule has 6 nitrogen and oxygen atoms in total. The van der Waals surface area contributed by atoms with Crippen LogP contribution < -0.4 is 5.32 Å². The summed E-state index contributed by atoms with van der Waals surface area (Å²) in [6, 6.07) is 0. The van der Waals surface area contributed by atoms with Gasteiger partial charge in [0.2, 0.25) is 0 Å². The van der Waals surface area contributed by atoms with E-state index in [0.29, 0.717) is 11.6 Å². The summed E-state index contributed by atoms with van der Waals surface area (Å²) in [7, 11) is 0. The van der Waals surface area contributed by atoms with Gasteiger partial charge in [-0.05, 0) is 32.6 Å². The molecule has 0 saturated heterocycles. The molecule has 1 aliphatic rings. The van der Waals surface area contributed by atoms with E-state index in [1.807, 2.05) is 0 Å². The zero-order chi connectivity index (χ0) is 12.4. The average Bonchev–Trinajstić information content (AvgIpc) is 2.93. The van der Waals surface area contributed by atoms with Gasteiger partial charge in [-0.15, -0.1) is 0 Å². The maximum atomic E-state index is 4.61. The number of H-pyrrole nitrogens is 1. The molecule has 18 heavy (non-hydrogen) atoms. The first-order chi connectivity index (χ1) is 8.88. The largest absolute Gasteiger partial charge is 0.370 e. The van der Waals surface area contributed by atoms with E-state index in [2.05, 4.69) is 37.4 Å². The maximum absolute atomic E-state index is 4.61. The Morgan fingerprint density at radius 2 is 2.17 bits per heavy atom. The molecule has 0 bridgehead atoms. The Hall–Kier alpha value is -1.98. The molecule has 0 radical (unpaired) electrons. The second-order valence-corrected chi connectivity index (χ2v) is 4.39. The monoisotopic (exact) mass is 244 g/mol. The summed E-state index contributed by atoms with van der Waals surface area (Å²) in [6.07, 6.45) is 5.98. The van der Waals surface area contributed by atoms with Gasteiger partial charge >= 0.3 is 0 Å². The van der Waals surface area contributed by atoms with Gasteiger partial charge in [0.1, 0.15) is 12.1 Å². The number of hydrogen-bond donors (Lipinski definition) is 2. The van der Waals surface area contributed by atoms with Gasteiger partial charge in [0.15, 0.2) is 11.6 Å². The van der Waals surface area contributed by atoms with E-state index in [-0.39, 0.29) is 0 Å². The van der Waals surface area contributed by atoms with Gasteiger partial charge in [0.25, 0.3) is 0 Å². The number of rotatable bonds is 3. The molecule has 0 aliphatic heterocycles. The van der Waals surface area contributed by atoms with Crippen LogP contribution in [0.3, 0.4) is 0 Å².